The lowest BCUT2D eigenvalue weighted by Gasteiger charge is -2.57. The number of hydrogen-bond acceptors (Lipinski definition) is 4. The largest absolute Gasteiger partial charge is 0.497 e. The van der Waals surface area contributed by atoms with Crippen molar-refractivity contribution in [2.24, 2.45) is 17.8 Å². The van der Waals surface area contributed by atoms with Gasteiger partial charge in [0.15, 0.2) is 0 Å². The lowest BCUT2D eigenvalue weighted by atomic mass is 9.48. The molecule has 6 nitrogen and oxygen atoms in total. The SMILES string of the molecule is COc1ccc(NC(=O)CN(c2ccc(C34CC5CC(CC(C5)C3)C4)cc2)S(C)(=O)=O)cc1. The zero-order chi connectivity index (χ0) is 23.2. The van der Waals surface area contributed by atoms with Crippen LogP contribution in [-0.4, -0.2) is 34.2 Å². The topological polar surface area (TPSA) is 75.7 Å². The van der Waals surface area contributed by atoms with Crippen molar-refractivity contribution in [1.29, 1.82) is 0 Å². The number of nitrogens with zero attached hydrogens (tertiary/aromatic N) is 1. The van der Waals surface area contributed by atoms with E-state index in [0.29, 0.717) is 17.1 Å². The van der Waals surface area contributed by atoms with Crippen LogP contribution in [0.2, 0.25) is 0 Å². The number of hydrogen-bond donors (Lipinski definition) is 1. The van der Waals surface area contributed by atoms with E-state index in [2.05, 4.69) is 17.4 Å². The van der Waals surface area contributed by atoms with E-state index >= 15 is 0 Å². The number of benzene rings is 2. The summed E-state index contributed by atoms with van der Waals surface area (Å²) in [6.07, 6.45) is 9.10. The molecule has 1 amide bonds. The van der Waals surface area contributed by atoms with E-state index in [4.69, 9.17) is 4.74 Å². The first-order valence-electron chi connectivity index (χ1n) is 11.8. The van der Waals surface area contributed by atoms with Gasteiger partial charge in [0.1, 0.15) is 12.3 Å². The summed E-state index contributed by atoms with van der Waals surface area (Å²) < 4.78 is 31.4. The van der Waals surface area contributed by atoms with Crippen molar-refractivity contribution in [3.8, 4) is 5.75 Å². The molecule has 0 heterocycles. The van der Waals surface area contributed by atoms with Gasteiger partial charge in [0.05, 0.1) is 19.1 Å². The Morgan fingerprint density at radius 1 is 0.970 bits per heavy atom. The fourth-order valence-corrected chi connectivity index (χ4v) is 7.71. The van der Waals surface area contributed by atoms with Gasteiger partial charge in [-0.25, -0.2) is 8.42 Å². The molecule has 0 saturated heterocycles. The number of rotatable bonds is 7. The van der Waals surface area contributed by atoms with E-state index in [0.717, 1.165) is 24.0 Å². The highest BCUT2D eigenvalue weighted by Gasteiger charge is 2.51. The van der Waals surface area contributed by atoms with Crippen molar-refractivity contribution in [2.75, 3.05) is 29.5 Å². The Bertz CT molecular complexity index is 1090. The third-order valence-electron chi connectivity index (χ3n) is 7.87. The molecule has 0 unspecified atom stereocenters. The van der Waals surface area contributed by atoms with Crippen LogP contribution in [-0.2, 0) is 20.2 Å². The maximum Gasteiger partial charge on any atom is 0.245 e. The van der Waals surface area contributed by atoms with Crippen molar-refractivity contribution in [1.82, 2.24) is 0 Å². The molecule has 2 aromatic carbocycles. The lowest BCUT2D eigenvalue weighted by molar-refractivity contribution is -0.114. The van der Waals surface area contributed by atoms with Crippen LogP contribution in [0.25, 0.3) is 0 Å². The number of ether oxygens (including phenoxy) is 1. The molecule has 4 bridgehead atoms. The highest BCUT2D eigenvalue weighted by molar-refractivity contribution is 7.92. The molecule has 4 saturated carbocycles. The molecular weight excluding hydrogens is 436 g/mol. The smallest absolute Gasteiger partial charge is 0.245 e. The number of sulfonamides is 1. The Hall–Kier alpha value is -2.54. The molecule has 4 aliphatic carbocycles. The number of anilines is 2. The van der Waals surface area contributed by atoms with Crippen LogP contribution in [0.3, 0.4) is 0 Å². The second-order valence-electron chi connectivity index (χ2n) is 10.3. The van der Waals surface area contributed by atoms with Crippen LogP contribution >= 0.6 is 0 Å². The zero-order valence-corrected chi connectivity index (χ0v) is 20.1. The molecule has 4 fully saturated rings. The molecule has 1 N–H and O–H groups in total. The molecule has 0 spiro atoms. The third-order valence-corrected chi connectivity index (χ3v) is 9.01. The van der Waals surface area contributed by atoms with E-state index in [-0.39, 0.29) is 12.0 Å². The first kappa shape index (κ1) is 22.3. The summed E-state index contributed by atoms with van der Waals surface area (Å²) in [5, 5.41) is 2.77. The first-order valence-corrected chi connectivity index (χ1v) is 13.6. The van der Waals surface area contributed by atoms with Gasteiger partial charge in [-0.2, -0.15) is 0 Å². The summed E-state index contributed by atoms with van der Waals surface area (Å²) in [6.45, 7) is -0.276. The van der Waals surface area contributed by atoms with Crippen molar-refractivity contribution >= 4 is 27.3 Å². The van der Waals surface area contributed by atoms with E-state index in [9.17, 15) is 13.2 Å². The van der Waals surface area contributed by atoms with Gasteiger partial charge in [0, 0.05) is 5.69 Å². The van der Waals surface area contributed by atoms with Crippen molar-refractivity contribution in [3.05, 3.63) is 54.1 Å². The average molecular weight is 469 g/mol. The zero-order valence-electron chi connectivity index (χ0n) is 19.3. The highest BCUT2D eigenvalue weighted by Crippen LogP contribution is 2.60. The number of carbonyl (C=O) groups excluding carboxylic acids is 1. The van der Waals surface area contributed by atoms with Crippen LogP contribution in [0.15, 0.2) is 48.5 Å². The summed E-state index contributed by atoms with van der Waals surface area (Å²) in [4.78, 5) is 12.6. The number of amides is 1. The molecule has 0 atom stereocenters. The standard InChI is InChI=1S/C26H32N2O4S/c1-32-24-9-5-22(6-10-24)27-25(29)17-28(33(2,30)31)23-7-3-21(4-8-23)26-14-18-11-19(15-26)13-20(12-18)16-26/h3-10,18-20H,11-17H2,1-2H3,(H,27,29). The lowest BCUT2D eigenvalue weighted by Crippen LogP contribution is -2.48. The molecule has 0 radical (unpaired) electrons. The molecule has 6 rings (SSSR count). The summed E-state index contributed by atoms with van der Waals surface area (Å²) in [5.74, 6) is 2.85. The van der Waals surface area contributed by atoms with Crippen molar-refractivity contribution in [3.63, 3.8) is 0 Å². The second-order valence-corrected chi connectivity index (χ2v) is 12.2. The molecular formula is C26H32N2O4S. The maximum atomic E-state index is 12.6. The first-order chi connectivity index (χ1) is 15.7. The number of carbonyl (C=O) groups is 1. The molecule has 176 valence electrons. The minimum Gasteiger partial charge on any atom is -0.497 e. The summed E-state index contributed by atoms with van der Waals surface area (Å²) in [5.41, 5.74) is 2.71. The third kappa shape index (κ3) is 4.47. The van der Waals surface area contributed by atoms with Crippen molar-refractivity contribution in [2.45, 2.75) is 43.9 Å². The predicted molar refractivity (Wildman–Crippen MR) is 130 cm³/mol. The predicted octanol–water partition coefficient (Wildman–Crippen LogP) is 4.57. The minimum atomic E-state index is -3.62. The summed E-state index contributed by atoms with van der Waals surface area (Å²) in [6, 6.07) is 14.9. The maximum absolute atomic E-state index is 12.6. The van der Waals surface area contributed by atoms with E-state index in [1.54, 1.807) is 31.4 Å². The fourth-order valence-electron chi connectivity index (χ4n) is 6.85. The normalized spacial score (nSPS) is 27.9. The highest BCUT2D eigenvalue weighted by atomic mass is 32.2. The van der Waals surface area contributed by atoms with Gasteiger partial charge in [-0.1, -0.05) is 12.1 Å². The Morgan fingerprint density at radius 2 is 1.52 bits per heavy atom. The molecule has 7 heteroatoms. The van der Waals surface area contributed by atoms with Gasteiger partial charge in [0.25, 0.3) is 0 Å². The summed E-state index contributed by atoms with van der Waals surface area (Å²) >= 11 is 0. The number of nitrogens with one attached hydrogen (secondary N) is 1. The van der Waals surface area contributed by atoms with Gasteiger partial charge in [0.2, 0.25) is 15.9 Å². The van der Waals surface area contributed by atoms with E-state index in [1.165, 1.54) is 48.4 Å². The van der Waals surface area contributed by atoms with Crippen LogP contribution in [0.5, 0.6) is 5.75 Å². The Labute approximate surface area is 196 Å². The monoisotopic (exact) mass is 468 g/mol. The van der Waals surface area contributed by atoms with Crippen LogP contribution in [0, 0.1) is 17.8 Å². The van der Waals surface area contributed by atoms with Crippen LogP contribution in [0.1, 0.15) is 44.1 Å². The van der Waals surface area contributed by atoms with Crippen LogP contribution in [0.4, 0.5) is 11.4 Å². The van der Waals surface area contributed by atoms with Gasteiger partial charge in [-0.15, -0.1) is 0 Å². The molecule has 4 aliphatic rings. The van der Waals surface area contributed by atoms with E-state index in [1.807, 2.05) is 12.1 Å². The molecule has 33 heavy (non-hydrogen) atoms. The van der Waals surface area contributed by atoms with E-state index < -0.39 is 15.9 Å². The minimum absolute atomic E-state index is 0.259. The Morgan fingerprint density at radius 3 is 2.00 bits per heavy atom. The fraction of sp³-hybridized carbons (Fsp3) is 0.500. The molecule has 2 aromatic rings. The summed E-state index contributed by atoms with van der Waals surface area (Å²) in [7, 11) is -2.05. The van der Waals surface area contributed by atoms with Gasteiger partial charge < -0.3 is 10.1 Å². The van der Waals surface area contributed by atoms with Gasteiger partial charge in [-0.05, 0) is 104 Å². The Kier molecular flexibility index (Phi) is 5.63. The quantitative estimate of drug-likeness (QED) is 0.646. The molecule has 0 aromatic heterocycles. The van der Waals surface area contributed by atoms with Gasteiger partial charge in [-0.3, -0.25) is 9.10 Å². The van der Waals surface area contributed by atoms with Gasteiger partial charge >= 0.3 is 0 Å². The average Bonchev–Trinajstić information content (AvgIpc) is 2.76. The Balaban J connectivity index is 1.32. The second kappa shape index (κ2) is 8.35. The van der Waals surface area contributed by atoms with Crippen molar-refractivity contribution < 1.29 is 17.9 Å². The molecule has 0 aliphatic heterocycles. The number of methoxy groups -OCH3 is 1. The van der Waals surface area contributed by atoms with Crippen LogP contribution < -0.4 is 14.4 Å².